The molecule has 2 aromatic rings. The molecule has 4 nitrogen and oxygen atoms in total. The van der Waals surface area contributed by atoms with Crippen LogP contribution in [0.4, 0.5) is 5.69 Å². The van der Waals surface area contributed by atoms with E-state index in [4.69, 9.17) is 5.73 Å². The average molecular weight is 438 g/mol. The molecule has 0 saturated carbocycles. The zero-order valence-corrected chi connectivity index (χ0v) is 18.8. The van der Waals surface area contributed by atoms with Crippen molar-refractivity contribution >= 4 is 36.4 Å². The molecule has 1 aliphatic rings. The molecule has 1 saturated heterocycles. The van der Waals surface area contributed by atoms with Crippen LogP contribution < -0.4 is 11.1 Å². The van der Waals surface area contributed by atoms with Crippen LogP contribution in [0.25, 0.3) is 0 Å². The summed E-state index contributed by atoms with van der Waals surface area (Å²) in [5.74, 6) is 0.991. The van der Waals surface area contributed by atoms with E-state index >= 15 is 0 Å². The fraction of sp³-hybridized carbons (Fsp3) is 0.435. The Labute approximate surface area is 187 Å². The number of carbonyl (C=O) groups excluding carboxylic acids is 1. The lowest BCUT2D eigenvalue weighted by Gasteiger charge is -2.41. The van der Waals surface area contributed by atoms with Crippen LogP contribution in [0, 0.1) is 11.8 Å². The van der Waals surface area contributed by atoms with Crippen molar-refractivity contribution in [2.24, 2.45) is 11.8 Å². The van der Waals surface area contributed by atoms with E-state index in [0.29, 0.717) is 24.7 Å². The van der Waals surface area contributed by atoms with Crippen molar-refractivity contribution < 1.29 is 4.79 Å². The Balaban J connectivity index is 0.00000210. The highest BCUT2D eigenvalue weighted by Crippen LogP contribution is 2.24. The number of nitrogens with one attached hydrogen (secondary N) is 1. The van der Waals surface area contributed by atoms with Crippen molar-refractivity contribution in [1.82, 2.24) is 10.2 Å². The summed E-state index contributed by atoms with van der Waals surface area (Å²) in [6, 6.07) is 18.6. The van der Waals surface area contributed by atoms with Gasteiger partial charge in [0.1, 0.15) is 0 Å². The summed E-state index contributed by atoms with van der Waals surface area (Å²) in [6.07, 6.45) is 1.17. The smallest absolute Gasteiger partial charge is 0.220 e. The molecule has 3 rings (SSSR count). The van der Waals surface area contributed by atoms with Crippen molar-refractivity contribution in [1.29, 1.82) is 0 Å². The number of benzene rings is 2. The van der Waals surface area contributed by atoms with Gasteiger partial charge in [-0.3, -0.25) is 9.69 Å². The highest BCUT2D eigenvalue weighted by Gasteiger charge is 2.32. The predicted octanol–water partition coefficient (Wildman–Crippen LogP) is 4.32. The first kappa shape index (κ1) is 25.3. The number of nitrogens with two attached hydrogens (primary N) is 1. The number of hydrogen-bond donors (Lipinski definition) is 2. The Bertz CT molecular complexity index is 745. The first-order valence-electron chi connectivity index (χ1n) is 9.92. The maximum absolute atomic E-state index is 12.5. The van der Waals surface area contributed by atoms with E-state index in [1.165, 1.54) is 5.56 Å². The number of piperidine rings is 1. The fourth-order valence-electron chi connectivity index (χ4n) is 4.20. The number of likely N-dealkylation sites (tertiary alicyclic amines) is 1. The molecule has 0 aliphatic carbocycles. The minimum atomic E-state index is 0. The Kier molecular flexibility index (Phi) is 10.5. The van der Waals surface area contributed by atoms with Crippen LogP contribution in [0.15, 0.2) is 54.6 Å². The summed E-state index contributed by atoms with van der Waals surface area (Å²) in [6.45, 7) is 7.48. The predicted molar refractivity (Wildman–Crippen MR) is 126 cm³/mol. The van der Waals surface area contributed by atoms with Crippen molar-refractivity contribution in [3.05, 3.63) is 65.7 Å². The maximum Gasteiger partial charge on any atom is 0.220 e. The minimum Gasteiger partial charge on any atom is -0.399 e. The number of carbonyl (C=O) groups is 1. The molecule has 160 valence electrons. The standard InChI is InChI=1S/C23H31N3O.2ClH/c1-17-14-26(16-19-8-4-3-5-9-19)15-18(2)23(17)25-22(27)13-12-20-10-6-7-11-21(20)24;;/h3-11,17-18,23H,12-16,24H2,1-2H3,(H,25,27);2*1H. The second kappa shape index (κ2) is 12.1. The number of halogens is 2. The van der Waals surface area contributed by atoms with Gasteiger partial charge in [0.2, 0.25) is 5.91 Å². The molecule has 29 heavy (non-hydrogen) atoms. The summed E-state index contributed by atoms with van der Waals surface area (Å²) in [5, 5.41) is 3.29. The zero-order valence-electron chi connectivity index (χ0n) is 17.2. The Morgan fingerprint density at radius 3 is 2.21 bits per heavy atom. The van der Waals surface area contributed by atoms with Crippen molar-refractivity contribution in [3.8, 4) is 0 Å². The van der Waals surface area contributed by atoms with Crippen LogP contribution in [0.1, 0.15) is 31.4 Å². The van der Waals surface area contributed by atoms with Gasteiger partial charge in [0.05, 0.1) is 0 Å². The Morgan fingerprint density at radius 2 is 1.59 bits per heavy atom. The van der Waals surface area contributed by atoms with Crippen LogP contribution >= 0.6 is 24.8 Å². The van der Waals surface area contributed by atoms with Crippen LogP contribution in [-0.2, 0) is 17.8 Å². The third kappa shape index (κ3) is 7.22. The molecule has 0 aromatic heterocycles. The molecule has 0 bridgehead atoms. The number of para-hydroxylation sites is 1. The van der Waals surface area contributed by atoms with E-state index in [1.54, 1.807) is 0 Å². The zero-order chi connectivity index (χ0) is 19.2. The number of aryl methyl sites for hydroxylation is 1. The molecule has 0 spiro atoms. The lowest BCUT2D eigenvalue weighted by atomic mass is 9.85. The van der Waals surface area contributed by atoms with Gasteiger partial charge in [-0.05, 0) is 35.4 Å². The van der Waals surface area contributed by atoms with Gasteiger partial charge < -0.3 is 11.1 Å². The topological polar surface area (TPSA) is 58.4 Å². The Hall–Kier alpha value is -1.75. The number of anilines is 1. The maximum atomic E-state index is 12.5. The molecule has 2 unspecified atom stereocenters. The molecule has 0 radical (unpaired) electrons. The van der Waals surface area contributed by atoms with E-state index < -0.39 is 0 Å². The average Bonchev–Trinajstić information content (AvgIpc) is 2.65. The molecule has 2 aromatic carbocycles. The number of nitrogen functional groups attached to an aromatic ring is 1. The van der Waals surface area contributed by atoms with Gasteiger partial charge in [-0.15, -0.1) is 24.8 Å². The molecule has 6 heteroatoms. The highest BCUT2D eigenvalue weighted by atomic mass is 35.5. The quantitative estimate of drug-likeness (QED) is 0.661. The first-order valence-corrected chi connectivity index (χ1v) is 9.92. The fourth-order valence-corrected chi connectivity index (χ4v) is 4.20. The highest BCUT2D eigenvalue weighted by molar-refractivity contribution is 5.85. The number of nitrogens with zero attached hydrogens (tertiary/aromatic N) is 1. The third-order valence-electron chi connectivity index (χ3n) is 5.57. The van der Waals surface area contributed by atoms with Gasteiger partial charge in [-0.25, -0.2) is 0 Å². The van der Waals surface area contributed by atoms with Gasteiger partial charge in [-0.2, -0.15) is 0 Å². The molecule has 1 amide bonds. The molecule has 1 aliphatic heterocycles. The number of amides is 1. The number of hydrogen-bond acceptors (Lipinski definition) is 3. The van der Waals surface area contributed by atoms with E-state index in [0.717, 1.165) is 30.9 Å². The summed E-state index contributed by atoms with van der Waals surface area (Å²) in [5.41, 5.74) is 9.14. The molecular formula is C23H33Cl2N3O. The van der Waals surface area contributed by atoms with Crippen LogP contribution in [0.5, 0.6) is 0 Å². The van der Waals surface area contributed by atoms with E-state index in [-0.39, 0.29) is 36.8 Å². The van der Waals surface area contributed by atoms with Crippen LogP contribution in [0.3, 0.4) is 0 Å². The van der Waals surface area contributed by atoms with Crippen LogP contribution in [-0.4, -0.2) is 29.9 Å². The summed E-state index contributed by atoms with van der Waals surface area (Å²) < 4.78 is 0. The summed E-state index contributed by atoms with van der Waals surface area (Å²) >= 11 is 0. The van der Waals surface area contributed by atoms with E-state index in [1.807, 2.05) is 24.3 Å². The lowest BCUT2D eigenvalue weighted by molar-refractivity contribution is -0.123. The van der Waals surface area contributed by atoms with Gasteiger partial charge in [0.15, 0.2) is 0 Å². The molecule has 1 heterocycles. The third-order valence-corrected chi connectivity index (χ3v) is 5.57. The van der Waals surface area contributed by atoms with Gasteiger partial charge >= 0.3 is 0 Å². The molecule has 1 fully saturated rings. The Morgan fingerprint density at radius 1 is 1.00 bits per heavy atom. The molecule has 2 atom stereocenters. The summed E-state index contributed by atoms with van der Waals surface area (Å²) in [7, 11) is 0. The summed E-state index contributed by atoms with van der Waals surface area (Å²) in [4.78, 5) is 15.0. The molecule has 3 N–H and O–H groups in total. The SMILES string of the molecule is CC1CN(Cc2ccccc2)CC(C)C1NC(=O)CCc1ccccc1N.Cl.Cl. The van der Waals surface area contributed by atoms with Gasteiger partial charge in [-0.1, -0.05) is 62.4 Å². The first-order chi connectivity index (χ1) is 13.0. The van der Waals surface area contributed by atoms with Crippen molar-refractivity contribution in [2.45, 2.75) is 39.3 Å². The second-order valence-electron chi connectivity index (χ2n) is 7.93. The van der Waals surface area contributed by atoms with Crippen molar-refractivity contribution in [3.63, 3.8) is 0 Å². The van der Waals surface area contributed by atoms with Gasteiger partial charge in [0, 0.05) is 37.8 Å². The minimum absolute atomic E-state index is 0. The van der Waals surface area contributed by atoms with E-state index in [2.05, 4.69) is 54.4 Å². The van der Waals surface area contributed by atoms with Gasteiger partial charge in [0.25, 0.3) is 0 Å². The monoisotopic (exact) mass is 437 g/mol. The molecular weight excluding hydrogens is 405 g/mol. The van der Waals surface area contributed by atoms with Crippen LogP contribution in [0.2, 0.25) is 0 Å². The largest absolute Gasteiger partial charge is 0.399 e. The lowest BCUT2D eigenvalue weighted by Crippen LogP contribution is -2.54. The van der Waals surface area contributed by atoms with E-state index in [9.17, 15) is 4.79 Å². The second-order valence-corrected chi connectivity index (χ2v) is 7.93. The normalized spacial score (nSPS) is 21.5. The number of rotatable bonds is 6. The van der Waals surface area contributed by atoms with Crippen molar-refractivity contribution in [2.75, 3.05) is 18.8 Å².